The van der Waals surface area contributed by atoms with Gasteiger partial charge in [0.05, 0.1) is 0 Å². The standard InChI is InChI=1S/C11H13N/c1-12-11-7-6-9-4-2-3-5-10(9)8-11/h2,4,6-8,12H,3,5H2,1H3. The molecule has 0 spiro atoms. The van der Waals surface area contributed by atoms with Crippen LogP contribution in [-0.2, 0) is 6.42 Å². The molecule has 0 radical (unpaired) electrons. The van der Waals surface area contributed by atoms with Gasteiger partial charge in [0.2, 0.25) is 0 Å². The summed E-state index contributed by atoms with van der Waals surface area (Å²) in [6, 6.07) is 6.53. The highest BCUT2D eigenvalue weighted by atomic mass is 14.8. The van der Waals surface area contributed by atoms with Crippen molar-refractivity contribution in [3.63, 3.8) is 0 Å². The van der Waals surface area contributed by atoms with Gasteiger partial charge in [0.1, 0.15) is 0 Å². The minimum atomic E-state index is 1.18. The van der Waals surface area contributed by atoms with Gasteiger partial charge in [-0.25, -0.2) is 0 Å². The first-order chi connectivity index (χ1) is 5.90. The molecule has 1 heteroatoms. The van der Waals surface area contributed by atoms with Gasteiger partial charge in [0.25, 0.3) is 0 Å². The minimum absolute atomic E-state index is 1.18. The van der Waals surface area contributed by atoms with E-state index in [0.29, 0.717) is 0 Å². The topological polar surface area (TPSA) is 12.0 Å². The number of fused-ring (bicyclic) bond motifs is 1. The molecule has 1 aliphatic carbocycles. The second-order valence-electron chi connectivity index (χ2n) is 3.10. The summed E-state index contributed by atoms with van der Waals surface area (Å²) in [6.07, 6.45) is 6.81. The maximum atomic E-state index is 3.15. The zero-order chi connectivity index (χ0) is 8.39. The second kappa shape index (κ2) is 3.02. The maximum absolute atomic E-state index is 3.15. The van der Waals surface area contributed by atoms with Crippen molar-refractivity contribution in [3.8, 4) is 0 Å². The van der Waals surface area contributed by atoms with Crippen molar-refractivity contribution >= 4 is 11.8 Å². The van der Waals surface area contributed by atoms with E-state index in [9.17, 15) is 0 Å². The molecule has 0 unspecified atom stereocenters. The molecule has 62 valence electrons. The van der Waals surface area contributed by atoms with Crippen LogP contribution in [0.2, 0.25) is 0 Å². The van der Waals surface area contributed by atoms with Crippen LogP contribution >= 0.6 is 0 Å². The summed E-state index contributed by atoms with van der Waals surface area (Å²) in [5.74, 6) is 0. The predicted molar refractivity (Wildman–Crippen MR) is 53.3 cm³/mol. The number of aryl methyl sites for hydroxylation is 1. The van der Waals surface area contributed by atoms with E-state index in [4.69, 9.17) is 0 Å². The number of anilines is 1. The summed E-state index contributed by atoms with van der Waals surface area (Å²) < 4.78 is 0. The molecule has 1 aliphatic rings. The molecule has 0 saturated carbocycles. The minimum Gasteiger partial charge on any atom is -0.388 e. The molecule has 0 fully saturated rings. The summed E-state index contributed by atoms with van der Waals surface area (Å²) in [6.45, 7) is 0. The number of rotatable bonds is 1. The molecular formula is C11H13N. The fourth-order valence-corrected chi connectivity index (χ4v) is 1.59. The fourth-order valence-electron chi connectivity index (χ4n) is 1.59. The summed E-state index contributed by atoms with van der Waals surface area (Å²) in [7, 11) is 1.96. The van der Waals surface area contributed by atoms with Crippen LogP contribution in [0.3, 0.4) is 0 Å². The Labute approximate surface area is 73.1 Å². The number of hydrogen-bond donors (Lipinski definition) is 1. The van der Waals surface area contributed by atoms with Crippen LogP contribution < -0.4 is 5.32 Å². The Kier molecular flexibility index (Phi) is 1.86. The summed E-state index contributed by atoms with van der Waals surface area (Å²) in [4.78, 5) is 0. The smallest absolute Gasteiger partial charge is 0.0340 e. The van der Waals surface area contributed by atoms with Crippen LogP contribution in [-0.4, -0.2) is 7.05 Å². The molecule has 0 saturated heterocycles. The molecule has 0 aliphatic heterocycles. The first kappa shape index (κ1) is 7.41. The Morgan fingerprint density at radius 1 is 1.33 bits per heavy atom. The molecule has 0 atom stereocenters. The van der Waals surface area contributed by atoms with Gasteiger partial charge in [0, 0.05) is 12.7 Å². The fraction of sp³-hybridized carbons (Fsp3) is 0.273. The highest BCUT2D eigenvalue weighted by molar-refractivity contribution is 5.61. The molecule has 1 aromatic carbocycles. The number of hydrogen-bond acceptors (Lipinski definition) is 1. The van der Waals surface area contributed by atoms with Crippen LogP contribution in [0.1, 0.15) is 17.5 Å². The number of allylic oxidation sites excluding steroid dienone is 1. The summed E-state index contributed by atoms with van der Waals surface area (Å²) in [5.41, 5.74) is 4.05. The predicted octanol–water partition coefficient (Wildman–Crippen LogP) is 2.69. The molecule has 1 nitrogen and oxygen atoms in total. The molecule has 12 heavy (non-hydrogen) atoms. The molecule has 0 amide bonds. The van der Waals surface area contributed by atoms with E-state index in [-0.39, 0.29) is 0 Å². The van der Waals surface area contributed by atoms with Crippen LogP contribution in [0.15, 0.2) is 24.3 Å². The first-order valence-electron chi connectivity index (χ1n) is 4.37. The molecule has 0 bridgehead atoms. The van der Waals surface area contributed by atoms with E-state index >= 15 is 0 Å². The Morgan fingerprint density at radius 2 is 2.25 bits per heavy atom. The molecule has 2 rings (SSSR count). The van der Waals surface area contributed by atoms with Crippen molar-refractivity contribution in [1.29, 1.82) is 0 Å². The van der Waals surface area contributed by atoms with Gasteiger partial charge < -0.3 is 5.32 Å². The lowest BCUT2D eigenvalue weighted by Gasteiger charge is -2.11. The van der Waals surface area contributed by atoms with Crippen molar-refractivity contribution in [3.05, 3.63) is 35.4 Å². The van der Waals surface area contributed by atoms with E-state index in [2.05, 4.69) is 35.7 Å². The Balaban J connectivity index is 2.44. The van der Waals surface area contributed by atoms with Crippen LogP contribution in [0.25, 0.3) is 6.08 Å². The lowest BCUT2D eigenvalue weighted by molar-refractivity contribution is 0.986. The molecular weight excluding hydrogens is 146 g/mol. The third kappa shape index (κ3) is 1.22. The van der Waals surface area contributed by atoms with Crippen LogP contribution in [0.4, 0.5) is 5.69 Å². The van der Waals surface area contributed by atoms with Gasteiger partial charge in [0.15, 0.2) is 0 Å². The quantitative estimate of drug-likeness (QED) is 0.664. The third-order valence-corrected chi connectivity index (χ3v) is 2.31. The van der Waals surface area contributed by atoms with Crippen molar-refractivity contribution in [1.82, 2.24) is 0 Å². The molecule has 1 aromatic rings. The highest BCUT2D eigenvalue weighted by Gasteiger charge is 2.03. The van der Waals surface area contributed by atoms with Gasteiger partial charge in [-0.15, -0.1) is 0 Å². The van der Waals surface area contributed by atoms with Crippen molar-refractivity contribution < 1.29 is 0 Å². The highest BCUT2D eigenvalue weighted by Crippen LogP contribution is 2.22. The average molecular weight is 159 g/mol. The van der Waals surface area contributed by atoms with Crippen LogP contribution in [0, 0.1) is 0 Å². The molecule has 0 heterocycles. The first-order valence-corrected chi connectivity index (χ1v) is 4.37. The van der Waals surface area contributed by atoms with Gasteiger partial charge in [-0.2, -0.15) is 0 Å². The number of benzene rings is 1. The van der Waals surface area contributed by atoms with Crippen molar-refractivity contribution in [2.45, 2.75) is 12.8 Å². The van der Waals surface area contributed by atoms with Crippen molar-refractivity contribution in [2.75, 3.05) is 12.4 Å². The van der Waals surface area contributed by atoms with Gasteiger partial charge in [-0.3, -0.25) is 0 Å². The van der Waals surface area contributed by atoms with E-state index in [1.165, 1.54) is 29.7 Å². The van der Waals surface area contributed by atoms with E-state index in [1.54, 1.807) is 0 Å². The Bertz CT molecular complexity index is 313. The van der Waals surface area contributed by atoms with Gasteiger partial charge in [-0.1, -0.05) is 18.2 Å². The average Bonchev–Trinajstić information content (AvgIpc) is 2.17. The largest absolute Gasteiger partial charge is 0.388 e. The zero-order valence-electron chi connectivity index (χ0n) is 7.30. The third-order valence-electron chi connectivity index (χ3n) is 2.31. The Hall–Kier alpha value is -1.24. The Morgan fingerprint density at radius 3 is 3.08 bits per heavy atom. The molecule has 1 N–H and O–H groups in total. The maximum Gasteiger partial charge on any atom is 0.0340 e. The SMILES string of the molecule is CNc1ccc2c(c1)CCC=C2. The van der Waals surface area contributed by atoms with Gasteiger partial charge >= 0.3 is 0 Å². The van der Waals surface area contributed by atoms with Crippen LogP contribution in [0.5, 0.6) is 0 Å². The summed E-state index contributed by atoms with van der Waals surface area (Å²) >= 11 is 0. The summed E-state index contributed by atoms with van der Waals surface area (Å²) in [5, 5.41) is 3.15. The van der Waals surface area contributed by atoms with Gasteiger partial charge in [-0.05, 0) is 36.1 Å². The van der Waals surface area contributed by atoms with E-state index in [0.717, 1.165) is 0 Å². The zero-order valence-corrected chi connectivity index (χ0v) is 7.30. The number of nitrogens with one attached hydrogen (secondary N) is 1. The lowest BCUT2D eigenvalue weighted by Crippen LogP contribution is -1.96. The lowest BCUT2D eigenvalue weighted by atomic mass is 9.97. The van der Waals surface area contributed by atoms with Crippen molar-refractivity contribution in [2.24, 2.45) is 0 Å². The van der Waals surface area contributed by atoms with E-state index in [1.807, 2.05) is 7.05 Å². The monoisotopic (exact) mass is 159 g/mol. The van der Waals surface area contributed by atoms with E-state index < -0.39 is 0 Å². The second-order valence-corrected chi connectivity index (χ2v) is 3.10. The normalized spacial score (nSPS) is 14.1. The molecule has 0 aromatic heterocycles.